The zero-order valence-electron chi connectivity index (χ0n) is 8.25. The van der Waals surface area contributed by atoms with E-state index in [-0.39, 0.29) is 0 Å². The third-order valence-corrected chi connectivity index (χ3v) is 3.18. The molecule has 0 atom stereocenters. The van der Waals surface area contributed by atoms with Crippen molar-refractivity contribution in [3.05, 3.63) is 29.5 Å². The minimum atomic E-state index is 0.455. The van der Waals surface area contributed by atoms with Gasteiger partial charge in [0.1, 0.15) is 0 Å². The van der Waals surface area contributed by atoms with Crippen LogP contribution in [0.3, 0.4) is 0 Å². The monoisotopic (exact) mass is 187 g/mol. The highest BCUT2D eigenvalue weighted by molar-refractivity contribution is 5.93. The highest BCUT2D eigenvalue weighted by Gasteiger charge is 2.20. The zero-order chi connectivity index (χ0) is 9.71. The SMILES string of the molecule is Cc1cccc2c(O)n3c(c12)CCC3. The van der Waals surface area contributed by atoms with Crippen LogP contribution < -0.4 is 0 Å². The van der Waals surface area contributed by atoms with Gasteiger partial charge in [-0.2, -0.15) is 0 Å². The molecule has 0 saturated carbocycles. The first-order valence-corrected chi connectivity index (χ1v) is 5.08. The summed E-state index contributed by atoms with van der Waals surface area (Å²) in [6, 6.07) is 6.12. The van der Waals surface area contributed by atoms with Gasteiger partial charge in [-0.15, -0.1) is 0 Å². The number of aromatic hydroxyl groups is 1. The van der Waals surface area contributed by atoms with Gasteiger partial charge in [-0.25, -0.2) is 0 Å². The van der Waals surface area contributed by atoms with E-state index in [1.807, 2.05) is 12.1 Å². The molecule has 2 heterocycles. The van der Waals surface area contributed by atoms with Gasteiger partial charge in [0.25, 0.3) is 0 Å². The minimum Gasteiger partial charge on any atom is -0.494 e. The van der Waals surface area contributed by atoms with Crippen LogP contribution in [0.25, 0.3) is 10.8 Å². The van der Waals surface area contributed by atoms with Crippen molar-refractivity contribution in [1.29, 1.82) is 0 Å². The van der Waals surface area contributed by atoms with Crippen molar-refractivity contribution in [2.24, 2.45) is 0 Å². The molecule has 2 heteroatoms. The van der Waals surface area contributed by atoms with Crippen LogP contribution in [0.2, 0.25) is 0 Å². The fraction of sp³-hybridized carbons (Fsp3) is 0.333. The lowest BCUT2D eigenvalue weighted by Gasteiger charge is -1.97. The van der Waals surface area contributed by atoms with E-state index in [1.54, 1.807) is 0 Å². The van der Waals surface area contributed by atoms with Crippen LogP contribution in [-0.2, 0) is 13.0 Å². The third kappa shape index (κ3) is 0.808. The second-order valence-electron chi connectivity index (χ2n) is 4.02. The van der Waals surface area contributed by atoms with Crippen LogP contribution in [0, 0.1) is 6.92 Å². The predicted octanol–water partition coefficient (Wildman–Crippen LogP) is 2.60. The van der Waals surface area contributed by atoms with Gasteiger partial charge in [-0.1, -0.05) is 12.1 Å². The second kappa shape index (κ2) is 2.53. The summed E-state index contributed by atoms with van der Waals surface area (Å²) in [7, 11) is 0. The molecular weight excluding hydrogens is 174 g/mol. The lowest BCUT2D eigenvalue weighted by atomic mass is 10.1. The van der Waals surface area contributed by atoms with Crippen LogP contribution in [0.4, 0.5) is 0 Å². The predicted molar refractivity (Wildman–Crippen MR) is 56.7 cm³/mol. The minimum absolute atomic E-state index is 0.455. The summed E-state index contributed by atoms with van der Waals surface area (Å²) >= 11 is 0. The molecule has 1 aliphatic rings. The Labute approximate surface area is 82.8 Å². The number of rotatable bonds is 0. The highest BCUT2D eigenvalue weighted by Crippen LogP contribution is 2.37. The van der Waals surface area contributed by atoms with Gasteiger partial charge in [0.05, 0.1) is 0 Å². The standard InChI is InChI=1S/C12H13NO/c1-8-4-2-5-9-11(8)10-6-3-7-13(10)12(9)14/h2,4-5,14H,3,6-7H2,1H3. The number of nitrogens with zero attached hydrogens (tertiary/aromatic N) is 1. The van der Waals surface area contributed by atoms with Gasteiger partial charge in [0.15, 0.2) is 5.88 Å². The Morgan fingerprint density at radius 2 is 2.21 bits per heavy atom. The molecule has 0 bridgehead atoms. The van der Waals surface area contributed by atoms with E-state index in [1.165, 1.54) is 16.6 Å². The smallest absolute Gasteiger partial charge is 0.199 e. The molecule has 2 aromatic rings. The maximum atomic E-state index is 10.00. The number of benzene rings is 1. The van der Waals surface area contributed by atoms with E-state index < -0.39 is 0 Å². The van der Waals surface area contributed by atoms with Crippen LogP contribution >= 0.6 is 0 Å². The molecule has 1 aliphatic heterocycles. The molecule has 0 saturated heterocycles. The number of fused-ring (bicyclic) bond motifs is 3. The first-order chi connectivity index (χ1) is 6.79. The van der Waals surface area contributed by atoms with Crippen LogP contribution in [0.15, 0.2) is 18.2 Å². The zero-order valence-corrected chi connectivity index (χ0v) is 8.25. The number of hydrogen-bond donors (Lipinski definition) is 1. The van der Waals surface area contributed by atoms with Crippen LogP contribution in [0.1, 0.15) is 17.7 Å². The van der Waals surface area contributed by atoms with E-state index >= 15 is 0 Å². The van der Waals surface area contributed by atoms with Crippen molar-refractivity contribution < 1.29 is 5.11 Å². The Hall–Kier alpha value is -1.44. The third-order valence-electron chi connectivity index (χ3n) is 3.18. The topological polar surface area (TPSA) is 25.2 Å². The summed E-state index contributed by atoms with van der Waals surface area (Å²) < 4.78 is 2.05. The molecule has 1 aromatic carbocycles. The summed E-state index contributed by atoms with van der Waals surface area (Å²) in [6.07, 6.45) is 2.26. The van der Waals surface area contributed by atoms with E-state index in [0.717, 1.165) is 24.8 Å². The lowest BCUT2D eigenvalue weighted by Crippen LogP contribution is -1.89. The first-order valence-electron chi connectivity index (χ1n) is 5.08. The lowest BCUT2D eigenvalue weighted by molar-refractivity contribution is 0.428. The summed E-state index contributed by atoms with van der Waals surface area (Å²) in [6.45, 7) is 3.08. The molecule has 3 rings (SSSR count). The molecular formula is C12H13NO. The van der Waals surface area contributed by atoms with Gasteiger partial charge >= 0.3 is 0 Å². The van der Waals surface area contributed by atoms with E-state index in [2.05, 4.69) is 17.6 Å². The second-order valence-corrected chi connectivity index (χ2v) is 4.02. The maximum Gasteiger partial charge on any atom is 0.199 e. The quantitative estimate of drug-likeness (QED) is 0.673. The summed E-state index contributed by atoms with van der Waals surface area (Å²) in [5.41, 5.74) is 2.59. The highest BCUT2D eigenvalue weighted by atomic mass is 16.3. The molecule has 0 spiro atoms. The van der Waals surface area contributed by atoms with Crippen molar-refractivity contribution in [3.8, 4) is 5.88 Å². The average molecular weight is 187 g/mol. The fourth-order valence-electron chi connectivity index (χ4n) is 2.55. The fourth-order valence-corrected chi connectivity index (χ4v) is 2.55. The summed E-state index contributed by atoms with van der Waals surface area (Å²) in [5.74, 6) is 0.455. The van der Waals surface area contributed by atoms with Crippen molar-refractivity contribution >= 4 is 10.8 Å². The van der Waals surface area contributed by atoms with Crippen molar-refractivity contribution in [2.75, 3.05) is 0 Å². The van der Waals surface area contributed by atoms with Gasteiger partial charge in [0.2, 0.25) is 0 Å². The molecule has 0 radical (unpaired) electrons. The maximum absolute atomic E-state index is 10.00. The van der Waals surface area contributed by atoms with E-state index in [0.29, 0.717) is 5.88 Å². The van der Waals surface area contributed by atoms with Gasteiger partial charge < -0.3 is 9.67 Å². The van der Waals surface area contributed by atoms with Crippen molar-refractivity contribution in [3.63, 3.8) is 0 Å². The molecule has 2 nitrogen and oxygen atoms in total. The molecule has 14 heavy (non-hydrogen) atoms. The molecule has 0 amide bonds. The Kier molecular flexibility index (Phi) is 1.43. The number of aromatic nitrogens is 1. The number of hydrogen-bond acceptors (Lipinski definition) is 1. The van der Waals surface area contributed by atoms with Crippen LogP contribution in [-0.4, -0.2) is 9.67 Å². The van der Waals surface area contributed by atoms with Crippen molar-refractivity contribution in [1.82, 2.24) is 4.57 Å². The van der Waals surface area contributed by atoms with Crippen LogP contribution in [0.5, 0.6) is 5.88 Å². The summed E-state index contributed by atoms with van der Waals surface area (Å²) in [5, 5.41) is 12.3. The molecule has 0 unspecified atom stereocenters. The Bertz CT molecular complexity index is 511. The molecule has 0 aliphatic carbocycles. The summed E-state index contributed by atoms with van der Waals surface area (Å²) in [4.78, 5) is 0. The number of aryl methyl sites for hydroxylation is 2. The molecule has 72 valence electrons. The average Bonchev–Trinajstić information content (AvgIpc) is 2.72. The first kappa shape index (κ1) is 7.92. The normalized spacial score (nSPS) is 14.9. The van der Waals surface area contributed by atoms with Gasteiger partial charge in [-0.3, -0.25) is 0 Å². The Morgan fingerprint density at radius 3 is 3.07 bits per heavy atom. The Morgan fingerprint density at radius 1 is 1.36 bits per heavy atom. The molecule has 1 aromatic heterocycles. The van der Waals surface area contributed by atoms with E-state index in [9.17, 15) is 5.11 Å². The molecule has 0 fully saturated rings. The molecule has 1 N–H and O–H groups in total. The largest absolute Gasteiger partial charge is 0.494 e. The van der Waals surface area contributed by atoms with Crippen molar-refractivity contribution in [2.45, 2.75) is 26.3 Å². The Balaban J connectivity index is 2.52. The van der Waals surface area contributed by atoms with E-state index in [4.69, 9.17) is 0 Å². The van der Waals surface area contributed by atoms with Gasteiger partial charge in [0, 0.05) is 23.0 Å². The van der Waals surface area contributed by atoms with Gasteiger partial charge in [-0.05, 0) is 31.4 Å².